The molecule has 0 N–H and O–H groups in total. The largest absolute Gasteiger partial charge is 0.309 e. The second-order valence-electron chi connectivity index (χ2n) is 26.3. The third kappa shape index (κ3) is 9.79. The first-order valence-corrected chi connectivity index (χ1v) is 34.3. The fourth-order valence-electron chi connectivity index (χ4n) is 16.1. The second kappa shape index (κ2) is 23.8. The maximum atomic E-state index is 2.43. The van der Waals surface area contributed by atoms with E-state index < -0.39 is 5.41 Å². The van der Waals surface area contributed by atoms with Crippen LogP contribution in [0.2, 0.25) is 0 Å². The molecule has 1 aliphatic rings. The molecule has 0 saturated carbocycles. The van der Waals surface area contributed by atoms with E-state index in [0.717, 1.165) is 11.4 Å². The molecule has 99 heavy (non-hydrogen) atoms. The summed E-state index contributed by atoms with van der Waals surface area (Å²) in [6.45, 7) is 0. The quantitative estimate of drug-likeness (QED) is 0.115. The lowest BCUT2D eigenvalue weighted by Crippen LogP contribution is -2.28. The van der Waals surface area contributed by atoms with Crippen molar-refractivity contribution >= 4 is 43.6 Å². The average Bonchev–Trinajstić information content (AvgIpc) is 1.55. The van der Waals surface area contributed by atoms with Crippen molar-refractivity contribution in [2.24, 2.45) is 0 Å². The molecule has 0 fully saturated rings. The molecular weight excluding hydrogens is 1190 g/mol. The lowest BCUT2D eigenvalue weighted by Gasteiger charge is -2.34. The van der Waals surface area contributed by atoms with Gasteiger partial charge in [0.1, 0.15) is 0 Å². The Balaban J connectivity index is 0.589. The number of rotatable bonds is 12. The van der Waals surface area contributed by atoms with Gasteiger partial charge in [-0.15, -0.1) is 0 Å². The van der Waals surface area contributed by atoms with E-state index in [-0.39, 0.29) is 0 Å². The molecule has 2 aromatic heterocycles. The third-order valence-electron chi connectivity index (χ3n) is 20.9. The minimum atomic E-state index is -0.500. The summed E-state index contributed by atoms with van der Waals surface area (Å²) in [4.78, 5) is 0. The highest BCUT2D eigenvalue weighted by molar-refractivity contribution is 6.13. The number of nitrogens with zero attached hydrogens (tertiary/aromatic N) is 2. The molecule has 2 heterocycles. The highest BCUT2D eigenvalue weighted by Gasteiger charge is 2.46. The Morgan fingerprint density at radius 3 is 0.889 bits per heavy atom. The topological polar surface area (TPSA) is 9.86 Å². The Kier molecular flexibility index (Phi) is 13.8. The number of fused-ring (bicyclic) bond motifs is 9. The minimum absolute atomic E-state index is 0.500. The molecule has 0 unspecified atom stereocenters. The number of aromatic nitrogens is 2. The SMILES string of the molecule is c1ccc(-c2ccc(C3(c4cccc(-c5ccc(-c6ccc(-n7c8ccccc8c8cc(-c9ccc%10c(c9)c9ccccc9n%10-c9ccc(-c%10ccc(-c%11cccc(-c%12cccc(-c%13ccccc%13)c%12)c%11)cc%10)cc9)ccc87)cc6)cc5)c4)c4ccccc4-c4ccccc43)cc2)cc1. The molecule has 0 saturated heterocycles. The van der Waals surface area contributed by atoms with Gasteiger partial charge >= 0.3 is 0 Å². The highest BCUT2D eigenvalue weighted by atomic mass is 15.0. The zero-order chi connectivity index (χ0) is 65.4. The van der Waals surface area contributed by atoms with Crippen molar-refractivity contribution in [3.63, 3.8) is 0 Å². The van der Waals surface area contributed by atoms with Gasteiger partial charge in [-0.05, 0) is 201 Å². The van der Waals surface area contributed by atoms with Crippen molar-refractivity contribution in [3.8, 4) is 112 Å². The molecule has 16 aromatic carbocycles. The molecule has 0 spiro atoms. The molecule has 0 bridgehead atoms. The van der Waals surface area contributed by atoms with Crippen LogP contribution in [0.15, 0.2) is 388 Å². The fourth-order valence-corrected chi connectivity index (χ4v) is 16.1. The van der Waals surface area contributed by atoms with Gasteiger partial charge in [0.2, 0.25) is 0 Å². The van der Waals surface area contributed by atoms with Crippen LogP contribution < -0.4 is 0 Å². The average molecular weight is 1260 g/mol. The van der Waals surface area contributed by atoms with Crippen molar-refractivity contribution in [1.82, 2.24) is 9.13 Å². The Hall–Kier alpha value is -12.9. The van der Waals surface area contributed by atoms with E-state index in [1.165, 1.54) is 166 Å². The number of benzene rings is 16. The van der Waals surface area contributed by atoms with E-state index in [2.05, 4.69) is 397 Å². The lowest BCUT2D eigenvalue weighted by molar-refractivity contribution is 0.769. The van der Waals surface area contributed by atoms with Crippen LogP contribution in [0.3, 0.4) is 0 Å². The van der Waals surface area contributed by atoms with Crippen LogP contribution in [0.25, 0.3) is 155 Å². The van der Waals surface area contributed by atoms with Crippen LogP contribution in [-0.2, 0) is 5.41 Å². The van der Waals surface area contributed by atoms with Gasteiger partial charge in [0.25, 0.3) is 0 Å². The van der Waals surface area contributed by atoms with Gasteiger partial charge in [-0.2, -0.15) is 0 Å². The molecule has 19 rings (SSSR count). The zero-order valence-electron chi connectivity index (χ0n) is 54.3. The molecule has 18 aromatic rings. The van der Waals surface area contributed by atoms with E-state index in [1.807, 2.05) is 0 Å². The smallest absolute Gasteiger partial charge is 0.0713 e. The van der Waals surface area contributed by atoms with Gasteiger partial charge in [0, 0.05) is 32.9 Å². The van der Waals surface area contributed by atoms with Crippen LogP contribution in [0.4, 0.5) is 0 Å². The maximum absolute atomic E-state index is 2.43. The summed E-state index contributed by atoms with van der Waals surface area (Å²) in [7, 11) is 0. The van der Waals surface area contributed by atoms with E-state index >= 15 is 0 Å². The number of hydrogen-bond donors (Lipinski definition) is 0. The van der Waals surface area contributed by atoms with Crippen LogP contribution in [0, 0.1) is 0 Å². The molecule has 0 aliphatic heterocycles. The van der Waals surface area contributed by atoms with Crippen LogP contribution in [-0.4, -0.2) is 9.13 Å². The number of hydrogen-bond acceptors (Lipinski definition) is 0. The van der Waals surface area contributed by atoms with Gasteiger partial charge < -0.3 is 9.13 Å². The van der Waals surface area contributed by atoms with Gasteiger partial charge in [0.15, 0.2) is 0 Å². The molecule has 2 nitrogen and oxygen atoms in total. The lowest BCUT2D eigenvalue weighted by atomic mass is 9.67. The Morgan fingerprint density at radius 2 is 0.444 bits per heavy atom. The summed E-state index contributed by atoms with van der Waals surface area (Å²) in [5.41, 5.74) is 33.4. The summed E-state index contributed by atoms with van der Waals surface area (Å²) in [5.74, 6) is 0. The summed E-state index contributed by atoms with van der Waals surface area (Å²) in [5, 5.41) is 4.92. The molecule has 0 radical (unpaired) electrons. The normalized spacial score (nSPS) is 12.3. The fraction of sp³-hybridized carbons (Fsp3) is 0.0103. The second-order valence-corrected chi connectivity index (χ2v) is 26.3. The first-order chi connectivity index (χ1) is 49.1. The van der Waals surface area contributed by atoms with E-state index in [1.54, 1.807) is 0 Å². The first-order valence-electron chi connectivity index (χ1n) is 34.3. The van der Waals surface area contributed by atoms with E-state index in [9.17, 15) is 0 Å². The zero-order valence-corrected chi connectivity index (χ0v) is 54.3. The summed E-state index contributed by atoms with van der Waals surface area (Å²) in [6.07, 6.45) is 0. The monoisotopic (exact) mass is 1260 g/mol. The standard InChI is InChI=1S/C97H64N2/c1-3-18-65(19-4-1)69-44-52-81(53-45-69)97(91-32-11-7-28-85(91)86-29-8-12-33-92(86)97)82-27-17-26-78(62-82)73-42-38-68(39-43-73)71-48-56-84(57-49-71)99-94-35-14-10-31-88(94)90-64-80(51-59-96(90)99)79-50-58-95-89(63-79)87-30-9-13-34-93(87)98(95)83-54-46-70(47-55-83)67-36-40-72(41-37-67)75-23-16-25-77(61-75)76-24-15-22-74(60-76)66-20-5-2-6-21-66/h1-64H. The van der Waals surface area contributed by atoms with Crippen molar-refractivity contribution in [2.75, 3.05) is 0 Å². The van der Waals surface area contributed by atoms with Crippen molar-refractivity contribution in [2.45, 2.75) is 5.41 Å². The molecule has 2 heteroatoms. The van der Waals surface area contributed by atoms with Crippen molar-refractivity contribution in [1.29, 1.82) is 0 Å². The Labute approximate surface area is 576 Å². The summed E-state index contributed by atoms with van der Waals surface area (Å²) < 4.78 is 4.84. The molecule has 0 atom stereocenters. The third-order valence-corrected chi connectivity index (χ3v) is 20.9. The first kappa shape index (κ1) is 57.6. The van der Waals surface area contributed by atoms with Crippen LogP contribution >= 0.6 is 0 Å². The highest BCUT2D eigenvalue weighted by Crippen LogP contribution is 2.57. The van der Waals surface area contributed by atoms with Crippen LogP contribution in [0.1, 0.15) is 22.3 Å². The summed E-state index contributed by atoms with van der Waals surface area (Å²) >= 11 is 0. The molecular formula is C97H64N2. The number of para-hydroxylation sites is 2. The van der Waals surface area contributed by atoms with E-state index in [4.69, 9.17) is 0 Å². The van der Waals surface area contributed by atoms with Crippen molar-refractivity contribution in [3.05, 3.63) is 411 Å². The van der Waals surface area contributed by atoms with E-state index in [0.29, 0.717) is 0 Å². The molecule has 0 amide bonds. The maximum Gasteiger partial charge on any atom is 0.0713 e. The molecule has 462 valence electrons. The Morgan fingerprint density at radius 1 is 0.162 bits per heavy atom. The van der Waals surface area contributed by atoms with Crippen molar-refractivity contribution < 1.29 is 0 Å². The van der Waals surface area contributed by atoms with Gasteiger partial charge in [0.05, 0.1) is 27.5 Å². The Bertz CT molecular complexity index is 6050. The van der Waals surface area contributed by atoms with Gasteiger partial charge in [-0.1, -0.05) is 309 Å². The van der Waals surface area contributed by atoms with Crippen LogP contribution in [0.5, 0.6) is 0 Å². The minimum Gasteiger partial charge on any atom is -0.309 e. The van der Waals surface area contributed by atoms with Gasteiger partial charge in [-0.3, -0.25) is 0 Å². The summed E-state index contributed by atoms with van der Waals surface area (Å²) in [6, 6.07) is 143. The molecule has 1 aliphatic carbocycles. The predicted molar refractivity (Wildman–Crippen MR) is 416 cm³/mol. The van der Waals surface area contributed by atoms with Gasteiger partial charge in [-0.25, -0.2) is 0 Å². The predicted octanol–water partition coefficient (Wildman–Crippen LogP) is 25.6.